The number of hydrogen-bond acceptors (Lipinski definition) is 1. The van der Waals surface area contributed by atoms with Crippen LogP contribution in [0.25, 0.3) is 0 Å². The second kappa shape index (κ2) is 6.30. The van der Waals surface area contributed by atoms with E-state index in [1.54, 1.807) is 24.1 Å². The summed E-state index contributed by atoms with van der Waals surface area (Å²) >= 11 is 0. The smallest absolute Gasteiger partial charge is 0.285 e. The van der Waals surface area contributed by atoms with Gasteiger partial charge in [-0.05, 0) is 17.7 Å². The van der Waals surface area contributed by atoms with Crippen molar-refractivity contribution in [1.29, 1.82) is 0 Å². The maximum Gasteiger partial charge on any atom is 0.285 e. The molecule has 4 heteroatoms. The molecular formula is C16H18FN2O+. The minimum atomic E-state index is -0.429. The van der Waals surface area contributed by atoms with Crippen molar-refractivity contribution in [2.45, 2.75) is 12.6 Å². The van der Waals surface area contributed by atoms with Gasteiger partial charge >= 0.3 is 0 Å². The van der Waals surface area contributed by atoms with Gasteiger partial charge in [-0.15, -0.1) is 0 Å². The molecule has 0 aliphatic heterocycles. The van der Waals surface area contributed by atoms with Crippen LogP contribution in [-0.2, 0) is 11.3 Å². The van der Waals surface area contributed by atoms with Crippen molar-refractivity contribution in [2.75, 3.05) is 7.05 Å². The Morgan fingerprint density at radius 1 is 1.15 bits per heavy atom. The lowest BCUT2D eigenvalue weighted by atomic mass is 10.1. The summed E-state index contributed by atoms with van der Waals surface area (Å²) in [5.74, 6) is -0.331. The predicted molar refractivity (Wildman–Crippen MR) is 74.9 cm³/mol. The van der Waals surface area contributed by atoms with Crippen LogP contribution in [0.2, 0.25) is 0 Å². The summed E-state index contributed by atoms with van der Waals surface area (Å²) in [5, 5.41) is 0. The van der Waals surface area contributed by atoms with E-state index in [0.717, 1.165) is 11.1 Å². The topological polar surface area (TPSA) is 48.0 Å². The van der Waals surface area contributed by atoms with Crippen molar-refractivity contribution in [3.63, 3.8) is 0 Å². The van der Waals surface area contributed by atoms with E-state index in [4.69, 9.17) is 0 Å². The molecule has 0 aromatic heterocycles. The van der Waals surface area contributed by atoms with Gasteiger partial charge in [0.1, 0.15) is 5.82 Å². The molecule has 0 spiro atoms. The average molecular weight is 273 g/mol. The zero-order chi connectivity index (χ0) is 14.5. The zero-order valence-corrected chi connectivity index (χ0v) is 11.4. The van der Waals surface area contributed by atoms with Crippen LogP contribution in [0.1, 0.15) is 17.2 Å². The molecule has 0 radical (unpaired) electrons. The first kappa shape index (κ1) is 14.2. The quantitative estimate of drug-likeness (QED) is 0.906. The Labute approximate surface area is 117 Å². The number of quaternary nitrogens is 1. The number of likely N-dealkylation sites (N-methyl/N-ethyl adjacent to an activating group) is 1. The number of halogens is 1. The lowest BCUT2D eigenvalue weighted by molar-refractivity contribution is -0.411. The van der Waals surface area contributed by atoms with Crippen molar-refractivity contribution in [3.05, 3.63) is 71.5 Å². The first-order valence-electron chi connectivity index (χ1n) is 6.45. The van der Waals surface area contributed by atoms with Crippen LogP contribution >= 0.6 is 0 Å². The fraction of sp³-hybridized carbons (Fsp3) is 0.188. The number of carbonyl (C=O) groups is 1. The highest BCUT2D eigenvalue weighted by Gasteiger charge is 2.23. The maximum atomic E-state index is 12.8. The molecule has 0 aliphatic rings. The van der Waals surface area contributed by atoms with Gasteiger partial charge in [0.2, 0.25) is 0 Å². The summed E-state index contributed by atoms with van der Waals surface area (Å²) in [6.07, 6.45) is 0. The van der Waals surface area contributed by atoms with Crippen LogP contribution in [0.4, 0.5) is 4.39 Å². The van der Waals surface area contributed by atoms with Crippen LogP contribution in [0.3, 0.4) is 0 Å². The fourth-order valence-electron chi connectivity index (χ4n) is 2.04. The van der Waals surface area contributed by atoms with Gasteiger partial charge < -0.3 is 10.6 Å². The molecule has 2 aromatic rings. The Balaban J connectivity index is 2.03. The largest absolute Gasteiger partial charge is 0.343 e. The van der Waals surface area contributed by atoms with Crippen LogP contribution < -0.4 is 5.73 Å². The number of carbonyl (C=O) groups excluding carboxylic acids is 1. The van der Waals surface area contributed by atoms with Crippen LogP contribution in [-0.4, -0.2) is 17.9 Å². The maximum absolute atomic E-state index is 12.8. The van der Waals surface area contributed by atoms with Gasteiger partial charge in [0, 0.05) is 19.2 Å². The lowest BCUT2D eigenvalue weighted by Gasteiger charge is -2.19. The predicted octanol–water partition coefficient (Wildman–Crippen LogP) is 1.77. The molecule has 0 saturated heterocycles. The van der Waals surface area contributed by atoms with E-state index < -0.39 is 6.04 Å². The standard InChI is InChI=1S/C16H17FN2O/c1-19(11-12-7-9-14(17)10-8-12)16(20)15(18)13-5-3-2-4-6-13/h2-10,15H,11,18H2,1H3/p+1/t15-/m0/s1. The Kier molecular flexibility index (Phi) is 4.48. The molecule has 0 heterocycles. The highest BCUT2D eigenvalue weighted by atomic mass is 19.1. The van der Waals surface area contributed by atoms with Gasteiger partial charge in [0.15, 0.2) is 6.04 Å². The minimum absolute atomic E-state index is 0.0551. The first-order valence-corrected chi connectivity index (χ1v) is 6.45. The summed E-state index contributed by atoms with van der Waals surface area (Å²) < 4.78 is 12.8. The van der Waals surface area contributed by atoms with Gasteiger partial charge in [0.25, 0.3) is 5.91 Å². The van der Waals surface area contributed by atoms with E-state index in [-0.39, 0.29) is 11.7 Å². The Hall–Kier alpha value is -2.20. The summed E-state index contributed by atoms with van der Waals surface area (Å²) in [6.45, 7) is 0.442. The van der Waals surface area contributed by atoms with Crippen LogP contribution in [0.5, 0.6) is 0 Å². The summed E-state index contributed by atoms with van der Waals surface area (Å²) in [7, 11) is 1.73. The summed E-state index contributed by atoms with van der Waals surface area (Å²) in [4.78, 5) is 13.9. The van der Waals surface area contributed by atoms with E-state index >= 15 is 0 Å². The molecule has 3 nitrogen and oxygen atoms in total. The Morgan fingerprint density at radius 3 is 2.35 bits per heavy atom. The SMILES string of the molecule is CN(Cc1ccc(F)cc1)C(=O)[C@@H]([NH3+])c1ccccc1. The van der Waals surface area contributed by atoms with Crippen molar-refractivity contribution in [1.82, 2.24) is 4.90 Å². The third-order valence-corrected chi connectivity index (χ3v) is 3.21. The minimum Gasteiger partial charge on any atom is -0.343 e. The third-order valence-electron chi connectivity index (χ3n) is 3.21. The molecule has 1 amide bonds. The molecule has 0 unspecified atom stereocenters. The van der Waals surface area contributed by atoms with E-state index in [0.29, 0.717) is 6.54 Å². The second-order valence-electron chi connectivity index (χ2n) is 4.78. The fourth-order valence-corrected chi connectivity index (χ4v) is 2.04. The third kappa shape index (κ3) is 3.42. The van der Waals surface area contributed by atoms with Gasteiger partial charge in [0.05, 0.1) is 0 Å². The Morgan fingerprint density at radius 2 is 1.75 bits per heavy atom. The van der Waals surface area contributed by atoms with Crippen LogP contribution in [0.15, 0.2) is 54.6 Å². The zero-order valence-electron chi connectivity index (χ0n) is 11.4. The van der Waals surface area contributed by atoms with Gasteiger partial charge in [-0.25, -0.2) is 4.39 Å². The second-order valence-corrected chi connectivity index (χ2v) is 4.78. The van der Waals surface area contributed by atoms with Crippen molar-refractivity contribution >= 4 is 5.91 Å². The molecule has 1 atom stereocenters. The molecule has 2 rings (SSSR count). The molecule has 0 fully saturated rings. The van der Waals surface area contributed by atoms with Gasteiger partial charge in [-0.1, -0.05) is 42.5 Å². The van der Waals surface area contributed by atoms with Crippen molar-refractivity contribution in [2.24, 2.45) is 0 Å². The van der Waals surface area contributed by atoms with E-state index in [1.165, 1.54) is 12.1 Å². The van der Waals surface area contributed by atoms with Crippen LogP contribution in [0, 0.1) is 5.82 Å². The molecule has 2 aromatic carbocycles. The average Bonchev–Trinajstić information content (AvgIpc) is 2.49. The Bertz CT molecular complexity index is 569. The number of benzene rings is 2. The molecule has 3 N–H and O–H groups in total. The molecule has 20 heavy (non-hydrogen) atoms. The van der Waals surface area contributed by atoms with E-state index in [2.05, 4.69) is 5.73 Å². The number of nitrogens with zero attached hydrogens (tertiary/aromatic N) is 1. The van der Waals surface area contributed by atoms with Crippen molar-refractivity contribution < 1.29 is 14.9 Å². The monoisotopic (exact) mass is 273 g/mol. The molecule has 0 saturated carbocycles. The molecular weight excluding hydrogens is 255 g/mol. The molecule has 104 valence electrons. The first-order chi connectivity index (χ1) is 9.58. The highest BCUT2D eigenvalue weighted by Crippen LogP contribution is 2.12. The van der Waals surface area contributed by atoms with Crippen molar-refractivity contribution in [3.8, 4) is 0 Å². The lowest BCUT2D eigenvalue weighted by Crippen LogP contribution is -2.60. The number of rotatable bonds is 4. The summed E-state index contributed by atoms with van der Waals surface area (Å²) in [5.41, 5.74) is 5.72. The summed E-state index contributed by atoms with van der Waals surface area (Å²) in [6, 6.07) is 15.2. The number of amides is 1. The normalized spacial score (nSPS) is 11.9. The highest BCUT2D eigenvalue weighted by molar-refractivity contribution is 5.81. The van der Waals surface area contributed by atoms with E-state index in [9.17, 15) is 9.18 Å². The molecule has 0 aliphatic carbocycles. The van der Waals surface area contributed by atoms with Gasteiger partial charge in [-0.3, -0.25) is 4.79 Å². The van der Waals surface area contributed by atoms with Gasteiger partial charge in [-0.2, -0.15) is 0 Å². The number of hydrogen-bond donors (Lipinski definition) is 1. The molecule has 0 bridgehead atoms. The van der Waals surface area contributed by atoms with E-state index in [1.807, 2.05) is 30.3 Å².